The molecule has 2 aliphatic rings. The summed E-state index contributed by atoms with van der Waals surface area (Å²) in [6, 6.07) is 3.93. The first-order valence-corrected chi connectivity index (χ1v) is 9.66. The molecule has 7 nitrogen and oxygen atoms in total. The van der Waals surface area contributed by atoms with E-state index in [9.17, 15) is 8.42 Å². The van der Waals surface area contributed by atoms with E-state index in [1.807, 2.05) is 19.1 Å². The van der Waals surface area contributed by atoms with Crippen LogP contribution in [0, 0.1) is 6.92 Å². The van der Waals surface area contributed by atoms with Gasteiger partial charge in [-0.1, -0.05) is 0 Å². The number of hydrogen-bond donors (Lipinski definition) is 0. The summed E-state index contributed by atoms with van der Waals surface area (Å²) in [5.41, 5.74) is -0.612. The molecule has 3 heterocycles. The van der Waals surface area contributed by atoms with Crippen LogP contribution in [0.2, 0.25) is 0 Å². The van der Waals surface area contributed by atoms with Crippen LogP contribution in [0.4, 0.5) is 0 Å². The standard InChI is InChI=1S/C15H24N2O5S/c1-13-3-4-14(22-13)9-16-5-8-21-15(10-16)11-17(23(2,18)19)6-7-20-12-15/h3-4H,5-12H2,1-2H3/t15-/m1/s1. The van der Waals surface area contributed by atoms with Gasteiger partial charge in [0.1, 0.15) is 17.1 Å². The first kappa shape index (κ1) is 16.9. The molecule has 23 heavy (non-hydrogen) atoms. The van der Waals surface area contributed by atoms with E-state index >= 15 is 0 Å². The monoisotopic (exact) mass is 344 g/mol. The van der Waals surface area contributed by atoms with Gasteiger partial charge < -0.3 is 13.9 Å². The largest absolute Gasteiger partial charge is 0.465 e. The molecule has 2 aliphatic heterocycles. The van der Waals surface area contributed by atoms with Crippen molar-refractivity contribution in [1.82, 2.24) is 9.21 Å². The fraction of sp³-hybridized carbons (Fsp3) is 0.733. The Hall–Kier alpha value is -0.930. The molecule has 0 N–H and O–H groups in total. The van der Waals surface area contributed by atoms with Gasteiger partial charge in [0, 0.05) is 26.2 Å². The SMILES string of the molecule is Cc1ccc(CN2CCO[C@]3(COCCN(S(C)(=O)=O)C3)C2)o1. The first-order valence-electron chi connectivity index (χ1n) is 7.81. The molecule has 0 unspecified atom stereocenters. The van der Waals surface area contributed by atoms with Gasteiger partial charge in [0.05, 0.1) is 32.6 Å². The van der Waals surface area contributed by atoms with Gasteiger partial charge in [-0.05, 0) is 19.1 Å². The molecular formula is C15H24N2O5S. The third-order valence-electron chi connectivity index (χ3n) is 4.29. The van der Waals surface area contributed by atoms with Crippen molar-refractivity contribution in [3.05, 3.63) is 23.7 Å². The molecule has 1 aromatic rings. The van der Waals surface area contributed by atoms with Crippen LogP contribution in [-0.2, 0) is 26.0 Å². The average Bonchev–Trinajstić information content (AvgIpc) is 2.75. The molecule has 1 spiro atoms. The molecule has 1 atom stereocenters. The van der Waals surface area contributed by atoms with Crippen LogP contribution < -0.4 is 0 Å². The van der Waals surface area contributed by atoms with Crippen molar-refractivity contribution in [2.45, 2.75) is 19.1 Å². The van der Waals surface area contributed by atoms with E-state index in [2.05, 4.69) is 4.90 Å². The van der Waals surface area contributed by atoms with Crippen molar-refractivity contribution in [1.29, 1.82) is 0 Å². The van der Waals surface area contributed by atoms with Gasteiger partial charge in [0.2, 0.25) is 10.0 Å². The second-order valence-electron chi connectivity index (χ2n) is 6.40. The zero-order chi connectivity index (χ0) is 16.5. The van der Waals surface area contributed by atoms with Crippen molar-refractivity contribution in [2.24, 2.45) is 0 Å². The summed E-state index contributed by atoms with van der Waals surface area (Å²) in [5.74, 6) is 1.80. The summed E-state index contributed by atoms with van der Waals surface area (Å²) in [5, 5.41) is 0. The van der Waals surface area contributed by atoms with E-state index in [0.29, 0.717) is 46.0 Å². The van der Waals surface area contributed by atoms with Crippen molar-refractivity contribution < 1.29 is 22.3 Å². The quantitative estimate of drug-likeness (QED) is 0.793. The van der Waals surface area contributed by atoms with E-state index in [1.54, 1.807) is 0 Å². The Morgan fingerprint density at radius 3 is 2.74 bits per heavy atom. The fourth-order valence-corrected chi connectivity index (χ4v) is 4.06. The number of rotatable bonds is 3. The lowest BCUT2D eigenvalue weighted by molar-refractivity contribution is -0.140. The lowest BCUT2D eigenvalue weighted by Gasteiger charge is -2.42. The molecule has 0 bridgehead atoms. The molecule has 1 aromatic heterocycles. The maximum atomic E-state index is 11.9. The van der Waals surface area contributed by atoms with Crippen LogP contribution in [0.25, 0.3) is 0 Å². The van der Waals surface area contributed by atoms with E-state index in [-0.39, 0.29) is 0 Å². The second-order valence-corrected chi connectivity index (χ2v) is 8.39. The molecule has 0 saturated carbocycles. The molecule has 0 radical (unpaired) electrons. The normalized spacial score (nSPS) is 28.1. The Bertz CT molecular complexity index is 644. The van der Waals surface area contributed by atoms with Gasteiger partial charge in [0.15, 0.2) is 0 Å². The lowest BCUT2D eigenvalue weighted by atomic mass is 10.0. The highest BCUT2D eigenvalue weighted by molar-refractivity contribution is 7.88. The highest BCUT2D eigenvalue weighted by atomic mass is 32.2. The number of aryl methyl sites for hydroxylation is 1. The maximum absolute atomic E-state index is 11.9. The number of hydrogen-bond acceptors (Lipinski definition) is 6. The Morgan fingerprint density at radius 2 is 2.04 bits per heavy atom. The van der Waals surface area contributed by atoms with Crippen molar-refractivity contribution in [3.63, 3.8) is 0 Å². The van der Waals surface area contributed by atoms with Crippen LogP contribution >= 0.6 is 0 Å². The summed E-state index contributed by atoms with van der Waals surface area (Å²) >= 11 is 0. The summed E-state index contributed by atoms with van der Waals surface area (Å²) in [6.07, 6.45) is 1.23. The predicted molar refractivity (Wildman–Crippen MR) is 84.6 cm³/mol. The third-order valence-corrected chi connectivity index (χ3v) is 5.54. The molecule has 130 valence electrons. The lowest BCUT2D eigenvalue weighted by Crippen LogP contribution is -2.58. The summed E-state index contributed by atoms with van der Waals surface area (Å²) < 4.78 is 42.6. The predicted octanol–water partition coefficient (Wildman–Crippen LogP) is 0.451. The topological polar surface area (TPSA) is 72.2 Å². The highest BCUT2D eigenvalue weighted by Gasteiger charge is 2.42. The maximum Gasteiger partial charge on any atom is 0.211 e. The minimum Gasteiger partial charge on any atom is -0.465 e. The van der Waals surface area contributed by atoms with Crippen molar-refractivity contribution in [2.75, 3.05) is 52.3 Å². The Kier molecular flexibility index (Phi) is 4.80. The smallest absolute Gasteiger partial charge is 0.211 e. The number of sulfonamides is 1. The number of nitrogens with zero attached hydrogens (tertiary/aromatic N) is 2. The Balaban J connectivity index is 1.72. The minimum atomic E-state index is -3.26. The third kappa shape index (κ3) is 4.13. The summed E-state index contributed by atoms with van der Waals surface area (Å²) in [6.45, 7) is 6.11. The number of furan rings is 1. The van der Waals surface area contributed by atoms with E-state index in [0.717, 1.165) is 18.1 Å². The highest BCUT2D eigenvalue weighted by Crippen LogP contribution is 2.25. The molecule has 8 heteroatoms. The van der Waals surface area contributed by atoms with Crippen molar-refractivity contribution in [3.8, 4) is 0 Å². The van der Waals surface area contributed by atoms with Gasteiger partial charge in [0.25, 0.3) is 0 Å². The number of ether oxygens (including phenoxy) is 2. The van der Waals surface area contributed by atoms with Crippen LogP contribution in [-0.4, -0.2) is 75.5 Å². The van der Waals surface area contributed by atoms with Gasteiger partial charge in [-0.3, -0.25) is 4.90 Å². The van der Waals surface area contributed by atoms with Crippen molar-refractivity contribution >= 4 is 10.0 Å². The van der Waals surface area contributed by atoms with Crippen LogP contribution in [0.5, 0.6) is 0 Å². The molecule has 3 rings (SSSR count). The van der Waals surface area contributed by atoms with Gasteiger partial charge >= 0.3 is 0 Å². The van der Waals surface area contributed by atoms with Gasteiger partial charge in [-0.15, -0.1) is 0 Å². The first-order chi connectivity index (χ1) is 10.9. The van der Waals surface area contributed by atoms with E-state index < -0.39 is 15.6 Å². The van der Waals surface area contributed by atoms with Crippen LogP contribution in [0.15, 0.2) is 16.5 Å². The second kappa shape index (κ2) is 6.52. The Morgan fingerprint density at radius 1 is 1.22 bits per heavy atom. The average molecular weight is 344 g/mol. The van der Waals surface area contributed by atoms with Crippen LogP contribution in [0.3, 0.4) is 0 Å². The zero-order valence-electron chi connectivity index (χ0n) is 13.7. The zero-order valence-corrected chi connectivity index (χ0v) is 14.5. The van der Waals surface area contributed by atoms with Gasteiger partial charge in [-0.25, -0.2) is 8.42 Å². The van der Waals surface area contributed by atoms with Gasteiger partial charge in [-0.2, -0.15) is 4.31 Å². The van der Waals surface area contributed by atoms with E-state index in [4.69, 9.17) is 13.9 Å². The Labute approximate surface area is 137 Å². The molecule has 2 saturated heterocycles. The minimum absolute atomic E-state index is 0.333. The fourth-order valence-electron chi connectivity index (χ4n) is 3.19. The molecule has 0 amide bonds. The van der Waals surface area contributed by atoms with Crippen LogP contribution in [0.1, 0.15) is 11.5 Å². The molecular weight excluding hydrogens is 320 g/mol. The summed E-state index contributed by atoms with van der Waals surface area (Å²) in [4.78, 5) is 2.23. The summed E-state index contributed by atoms with van der Waals surface area (Å²) in [7, 11) is -3.26. The molecule has 2 fully saturated rings. The molecule has 0 aliphatic carbocycles. The molecule has 0 aromatic carbocycles. The number of morpholine rings is 1. The van der Waals surface area contributed by atoms with E-state index in [1.165, 1.54) is 10.6 Å².